The first-order valence-corrected chi connectivity index (χ1v) is 9.98. The van der Waals surface area contributed by atoms with Gasteiger partial charge in [0.15, 0.2) is 12.2 Å². The zero-order valence-electron chi connectivity index (χ0n) is 14.7. The fraction of sp³-hybridized carbons (Fsp3) is 0.0476. The van der Waals surface area contributed by atoms with Gasteiger partial charge in [-0.1, -0.05) is 58.8 Å². The molecular formula is C21H12Cl2O5S. The summed E-state index contributed by atoms with van der Waals surface area (Å²) < 4.78 is 16.7. The summed E-state index contributed by atoms with van der Waals surface area (Å²) >= 11 is 13.0. The van der Waals surface area contributed by atoms with Crippen LogP contribution in [0.25, 0.3) is 21.4 Å². The Morgan fingerprint density at radius 1 is 0.966 bits per heavy atom. The maximum atomic E-state index is 12.2. The van der Waals surface area contributed by atoms with E-state index >= 15 is 0 Å². The third-order valence-electron chi connectivity index (χ3n) is 3.97. The van der Waals surface area contributed by atoms with Gasteiger partial charge in [-0.05, 0) is 35.9 Å². The van der Waals surface area contributed by atoms with Gasteiger partial charge in [0.25, 0.3) is 0 Å². The molecule has 29 heavy (non-hydrogen) atoms. The number of hydrogen-bond acceptors (Lipinski definition) is 6. The van der Waals surface area contributed by atoms with E-state index in [2.05, 4.69) is 0 Å². The van der Waals surface area contributed by atoms with Gasteiger partial charge in [-0.2, -0.15) is 0 Å². The fourth-order valence-electron chi connectivity index (χ4n) is 2.71. The molecule has 0 radical (unpaired) electrons. The minimum absolute atomic E-state index is 0.258. The van der Waals surface area contributed by atoms with Gasteiger partial charge in [0.05, 0.1) is 14.7 Å². The lowest BCUT2D eigenvalue weighted by Crippen LogP contribution is -2.17. The first kappa shape index (κ1) is 19.5. The van der Waals surface area contributed by atoms with Crippen LogP contribution < -0.4 is 14.4 Å². The summed E-state index contributed by atoms with van der Waals surface area (Å²) in [6.45, 7) is -0.258. The Bertz CT molecular complexity index is 1250. The van der Waals surface area contributed by atoms with E-state index in [1.807, 2.05) is 6.07 Å². The molecule has 146 valence electrons. The molecule has 0 unspecified atom stereocenters. The van der Waals surface area contributed by atoms with E-state index in [0.717, 1.165) is 11.3 Å². The van der Waals surface area contributed by atoms with Crippen molar-refractivity contribution in [2.45, 2.75) is 0 Å². The summed E-state index contributed by atoms with van der Waals surface area (Å²) in [5, 5.41) is 0.757. The summed E-state index contributed by atoms with van der Waals surface area (Å²) in [4.78, 5) is 23.5. The Morgan fingerprint density at radius 2 is 1.76 bits per heavy atom. The van der Waals surface area contributed by atoms with Crippen molar-refractivity contribution in [2.75, 3.05) is 6.61 Å². The van der Waals surface area contributed by atoms with Crippen LogP contribution in [-0.4, -0.2) is 12.6 Å². The van der Waals surface area contributed by atoms with Crippen LogP contribution in [0.1, 0.15) is 0 Å². The lowest BCUT2D eigenvalue weighted by molar-refractivity contribution is -0.136. The smallest absolute Gasteiger partial charge is 0.396 e. The zero-order valence-corrected chi connectivity index (χ0v) is 17.0. The summed E-state index contributed by atoms with van der Waals surface area (Å²) in [5.74, 6) is 0.242. The highest BCUT2D eigenvalue weighted by Gasteiger charge is 2.16. The molecule has 0 saturated heterocycles. The lowest BCUT2D eigenvalue weighted by atomic mass is 10.0. The van der Waals surface area contributed by atoms with Crippen LogP contribution in [0.15, 0.2) is 69.9 Å². The first-order chi connectivity index (χ1) is 14.0. The Balaban J connectivity index is 1.64. The lowest BCUT2D eigenvalue weighted by Gasteiger charge is -2.09. The molecule has 0 saturated carbocycles. The summed E-state index contributed by atoms with van der Waals surface area (Å²) in [5.41, 5.74) is 1.62. The number of halogens is 2. The third kappa shape index (κ3) is 4.45. The Labute approximate surface area is 179 Å². The number of ether oxygens (including phenoxy) is 2. The van der Waals surface area contributed by atoms with Crippen LogP contribution in [0, 0.1) is 0 Å². The molecule has 0 atom stereocenters. The number of carbonyl (C=O) groups excluding carboxylic acids is 1. The van der Waals surface area contributed by atoms with E-state index in [-0.39, 0.29) is 12.4 Å². The van der Waals surface area contributed by atoms with Crippen molar-refractivity contribution >= 4 is 50.8 Å². The van der Waals surface area contributed by atoms with Crippen molar-refractivity contribution in [1.82, 2.24) is 0 Å². The van der Waals surface area contributed by atoms with Gasteiger partial charge < -0.3 is 13.9 Å². The molecule has 3 aromatic carbocycles. The topological polar surface area (TPSA) is 65.7 Å². The molecule has 4 rings (SSSR count). The van der Waals surface area contributed by atoms with Crippen molar-refractivity contribution in [3.8, 4) is 22.6 Å². The highest BCUT2D eigenvalue weighted by atomic mass is 35.5. The van der Waals surface area contributed by atoms with Gasteiger partial charge in [-0.3, -0.25) is 0 Å². The zero-order chi connectivity index (χ0) is 20.4. The number of para-hydroxylation sites is 1. The predicted molar refractivity (Wildman–Crippen MR) is 113 cm³/mol. The third-order valence-corrected chi connectivity index (χ3v) is 5.48. The van der Waals surface area contributed by atoms with Crippen LogP contribution in [0.2, 0.25) is 10.0 Å². The molecule has 0 fully saturated rings. The van der Waals surface area contributed by atoms with E-state index in [4.69, 9.17) is 37.1 Å². The van der Waals surface area contributed by atoms with Gasteiger partial charge in [0.1, 0.15) is 11.5 Å². The van der Waals surface area contributed by atoms with Gasteiger partial charge in [-0.15, -0.1) is 0 Å². The molecule has 4 aromatic rings. The molecule has 0 spiro atoms. The highest BCUT2D eigenvalue weighted by Crippen LogP contribution is 2.36. The van der Waals surface area contributed by atoms with Gasteiger partial charge >= 0.3 is 10.9 Å². The van der Waals surface area contributed by atoms with Crippen molar-refractivity contribution in [3.63, 3.8) is 0 Å². The summed E-state index contributed by atoms with van der Waals surface area (Å²) in [6, 6.07) is 17.2. The Morgan fingerprint density at radius 3 is 2.52 bits per heavy atom. The largest absolute Gasteiger partial charge is 0.482 e. The van der Waals surface area contributed by atoms with Crippen molar-refractivity contribution < 1.29 is 18.7 Å². The first-order valence-electron chi connectivity index (χ1n) is 8.41. The van der Waals surface area contributed by atoms with E-state index in [1.54, 1.807) is 54.6 Å². The average molecular weight is 447 g/mol. The second kappa shape index (κ2) is 8.29. The molecule has 8 heteroatoms. The Hall–Kier alpha value is -2.80. The monoisotopic (exact) mass is 446 g/mol. The molecule has 0 aliphatic heterocycles. The summed E-state index contributed by atoms with van der Waals surface area (Å²) in [6.07, 6.45) is 0. The number of hydrogen-bond donors (Lipinski definition) is 0. The van der Waals surface area contributed by atoms with E-state index in [9.17, 15) is 9.59 Å². The molecule has 1 aromatic heterocycles. The van der Waals surface area contributed by atoms with Gasteiger partial charge in [-0.25, -0.2) is 9.59 Å². The standard InChI is InChI=1S/C21H12Cl2O5S/c22-16-7-6-12(8-17(16)23)15-9-14(10-18-20(15)28-21(25)29-18)27-19(24)11-26-13-4-2-1-3-5-13/h1-10H,11H2. The van der Waals surface area contributed by atoms with Crippen LogP contribution in [-0.2, 0) is 4.79 Å². The number of carbonyl (C=O) groups is 1. The molecule has 5 nitrogen and oxygen atoms in total. The predicted octanol–water partition coefficient (Wildman–Crippen LogP) is 5.81. The maximum absolute atomic E-state index is 12.2. The molecule has 1 heterocycles. The van der Waals surface area contributed by atoms with Gasteiger partial charge in [0.2, 0.25) is 0 Å². The van der Waals surface area contributed by atoms with E-state index in [0.29, 0.717) is 37.2 Å². The molecule has 0 amide bonds. The van der Waals surface area contributed by atoms with Gasteiger partial charge in [0, 0.05) is 11.6 Å². The second-order valence-electron chi connectivity index (χ2n) is 5.96. The SMILES string of the molecule is O=C(COc1ccccc1)Oc1cc(-c2ccc(Cl)c(Cl)c2)c2oc(=O)sc2c1. The van der Waals surface area contributed by atoms with Crippen molar-refractivity contribution in [1.29, 1.82) is 0 Å². The van der Waals surface area contributed by atoms with Crippen LogP contribution in [0.3, 0.4) is 0 Å². The number of rotatable bonds is 5. The second-order valence-corrected chi connectivity index (χ2v) is 7.75. The number of benzene rings is 3. The van der Waals surface area contributed by atoms with Crippen LogP contribution >= 0.6 is 34.5 Å². The van der Waals surface area contributed by atoms with Crippen LogP contribution in [0.5, 0.6) is 11.5 Å². The Kier molecular flexibility index (Phi) is 5.58. The molecule has 0 aliphatic carbocycles. The minimum atomic E-state index is -0.580. The molecule has 0 bridgehead atoms. The quantitative estimate of drug-likeness (QED) is 0.285. The molecular weight excluding hydrogens is 435 g/mol. The average Bonchev–Trinajstić information content (AvgIpc) is 3.09. The normalized spacial score (nSPS) is 10.8. The number of fused-ring (bicyclic) bond motifs is 1. The molecule has 0 aliphatic rings. The van der Waals surface area contributed by atoms with Crippen molar-refractivity contribution in [2.24, 2.45) is 0 Å². The van der Waals surface area contributed by atoms with Crippen LogP contribution in [0.4, 0.5) is 0 Å². The maximum Gasteiger partial charge on any atom is 0.396 e. The van der Waals surface area contributed by atoms with Crippen molar-refractivity contribution in [3.05, 3.63) is 80.4 Å². The molecule has 0 N–H and O–H groups in total. The van der Waals surface area contributed by atoms with E-state index < -0.39 is 10.9 Å². The number of esters is 1. The highest BCUT2D eigenvalue weighted by molar-refractivity contribution is 7.16. The summed E-state index contributed by atoms with van der Waals surface area (Å²) in [7, 11) is 0. The minimum Gasteiger partial charge on any atom is -0.482 e. The van der Waals surface area contributed by atoms with E-state index in [1.165, 1.54) is 0 Å². The fourth-order valence-corrected chi connectivity index (χ4v) is 3.73.